The van der Waals surface area contributed by atoms with E-state index >= 15 is 0 Å². The highest BCUT2D eigenvalue weighted by atomic mass is 32.2. The quantitative estimate of drug-likeness (QED) is 0.461. The molecule has 0 radical (unpaired) electrons. The number of nitrogens with zero attached hydrogens (tertiary/aromatic N) is 3. The third-order valence-corrected chi connectivity index (χ3v) is 5.58. The first-order valence-electron chi connectivity index (χ1n) is 7.64. The lowest BCUT2D eigenvalue weighted by Crippen LogP contribution is -2.15. The normalized spacial score (nSPS) is 12.3. The van der Waals surface area contributed by atoms with Gasteiger partial charge in [0.15, 0.2) is 28.4 Å². The van der Waals surface area contributed by atoms with Gasteiger partial charge in [0.25, 0.3) is 0 Å². The maximum atomic E-state index is 13.3. The number of thioether (sulfide) groups is 1. The number of thiophene rings is 1. The van der Waals surface area contributed by atoms with Crippen molar-refractivity contribution in [3.63, 3.8) is 0 Å². The Kier molecular flexibility index (Phi) is 5.29. The molecule has 0 aliphatic heterocycles. The van der Waals surface area contributed by atoms with Crippen molar-refractivity contribution < 1.29 is 13.6 Å². The van der Waals surface area contributed by atoms with Crippen LogP contribution in [0.25, 0.3) is 10.7 Å². The first-order chi connectivity index (χ1) is 12.0. The van der Waals surface area contributed by atoms with Gasteiger partial charge in [-0.2, -0.15) is 0 Å². The molecule has 0 saturated carbocycles. The molecule has 0 bridgehead atoms. The minimum Gasteiger partial charge on any atom is -0.302 e. The smallest absolute Gasteiger partial charge is 0.192 e. The van der Waals surface area contributed by atoms with Gasteiger partial charge in [-0.3, -0.25) is 4.79 Å². The lowest BCUT2D eigenvalue weighted by atomic mass is 10.1. The summed E-state index contributed by atoms with van der Waals surface area (Å²) >= 11 is 2.82. The van der Waals surface area contributed by atoms with Crippen LogP contribution >= 0.6 is 23.1 Å². The van der Waals surface area contributed by atoms with Crippen molar-refractivity contribution in [1.82, 2.24) is 14.8 Å². The number of hydrogen-bond donors (Lipinski definition) is 0. The summed E-state index contributed by atoms with van der Waals surface area (Å²) in [5, 5.41) is 10.5. The highest BCUT2D eigenvalue weighted by Gasteiger charge is 2.22. The lowest BCUT2D eigenvalue weighted by Gasteiger charge is -2.11. The van der Waals surface area contributed by atoms with Crippen molar-refractivity contribution in [2.24, 2.45) is 0 Å². The Morgan fingerprint density at radius 2 is 2.08 bits per heavy atom. The standard InChI is InChI=1S/C17H15F2N3OS2/c1-3-22-16(14-5-4-8-24-14)20-21-17(22)25-10(2)15(23)11-6-7-12(18)13(19)9-11/h4-10H,3H2,1-2H3/t10-/m1/s1. The zero-order valence-corrected chi connectivity index (χ0v) is 15.2. The minimum absolute atomic E-state index is 0.139. The maximum absolute atomic E-state index is 13.3. The van der Waals surface area contributed by atoms with E-state index in [2.05, 4.69) is 10.2 Å². The maximum Gasteiger partial charge on any atom is 0.192 e. The van der Waals surface area contributed by atoms with Gasteiger partial charge in [-0.25, -0.2) is 8.78 Å². The Morgan fingerprint density at radius 1 is 1.28 bits per heavy atom. The van der Waals surface area contributed by atoms with Crippen molar-refractivity contribution in [2.75, 3.05) is 0 Å². The molecule has 0 saturated heterocycles. The number of Topliss-reactive ketones (excluding diaryl/α,β-unsaturated/α-hetero) is 1. The summed E-state index contributed by atoms with van der Waals surface area (Å²) in [5.41, 5.74) is 0.139. The molecule has 1 aromatic carbocycles. The van der Waals surface area contributed by atoms with Crippen LogP contribution in [-0.4, -0.2) is 25.8 Å². The van der Waals surface area contributed by atoms with E-state index in [1.165, 1.54) is 17.8 Å². The molecular formula is C17H15F2N3OS2. The second-order valence-electron chi connectivity index (χ2n) is 5.28. The molecule has 0 spiro atoms. The molecule has 0 N–H and O–H groups in total. The molecule has 0 fully saturated rings. The highest BCUT2D eigenvalue weighted by molar-refractivity contribution is 8.00. The van der Waals surface area contributed by atoms with Crippen LogP contribution in [0.2, 0.25) is 0 Å². The Labute approximate surface area is 151 Å². The number of ketones is 1. The molecule has 2 heterocycles. The lowest BCUT2D eigenvalue weighted by molar-refractivity contribution is 0.0993. The molecule has 3 rings (SSSR count). The van der Waals surface area contributed by atoms with Crippen LogP contribution < -0.4 is 0 Å². The van der Waals surface area contributed by atoms with E-state index in [1.807, 2.05) is 29.0 Å². The predicted octanol–water partition coefficient (Wildman–Crippen LogP) is 4.67. The van der Waals surface area contributed by atoms with Crippen molar-refractivity contribution in [2.45, 2.75) is 30.8 Å². The molecule has 4 nitrogen and oxygen atoms in total. The summed E-state index contributed by atoms with van der Waals surface area (Å²) < 4.78 is 28.3. The number of hydrogen-bond acceptors (Lipinski definition) is 5. The van der Waals surface area contributed by atoms with Crippen LogP contribution in [0.5, 0.6) is 0 Å². The van der Waals surface area contributed by atoms with E-state index in [4.69, 9.17) is 0 Å². The van der Waals surface area contributed by atoms with Gasteiger partial charge in [-0.05, 0) is 43.5 Å². The predicted molar refractivity (Wildman–Crippen MR) is 95.0 cm³/mol. The molecule has 0 aliphatic carbocycles. The highest BCUT2D eigenvalue weighted by Crippen LogP contribution is 2.30. The fourth-order valence-corrected chi connectivity index (χ4v) is 4.05. The molecule has 0 amide bonds. The Hall–Kier alpha value is -2.06. The second-order valence-corrected chi connectivity index (χ2v) is 7.54. The van der Waals surface area contributed by atoms with Crippen molar-refractivity contribution in [3.05, 3.63) is 52.9 Å². The average molecular weight is 379 g/mol. The number of benzene rings is 1. The zero-order valence-electron chi connectivity index (χ0n) is 13.6. The van der Waals surface area contributed by atoms with Gasteiger partial charge >= 0.3 is 0 Å². The SMILES string of the molecule is CCn1c(S[C@H](C)C(=O)c2ccc(F)c(F)c2)nnc1-c1cccs1. The van der Waals surface area contributed by atoms with Crippen LogP contribution in [0.1, 0.15) is 24.2 Å². The molecule has 25 heavy (non-hydrogen) atoms. The topological polar surface area (TPSA) is 47.8 Å². The average Bonchev–Trinajstić information content (AvgIpc) is 3.25. The third-order valence-electron chi connectivity index (χ3n) is 3.63. The van der Waals surface area contributed by atoms with E-state index in [1.54, 1.807) is 18.3 Å². The van der Waals surface area contributed by atoms with Gasteiger partial charge in [0, 0.05) is 12.1 Å². The molecule has 0 aliphatic rings. The number of halogens is 2. The molecule has 2 aromatic heterocycles. The molecular weight excluding hydrogens is 364 g/mol. The first-order valence-corrected chi connectivity index (χ1v) is 9.40. The zero-order chi connectivity index (χ0) is 18.0. The Morgan fingerprint density at radius 3 is 2.72 bits per heavy atom. The number of rotatable bonds is 6. The van der Waals surface area contributed by atoms with E-state index in [-0.39, 0.29) is 11.3 Å². The fourth-order valence-electron chi connectivity index (χ4n) is 2.34. The van der Waals surface area contributed by atoms with Crippen LogP contribution in [0.3, 0.4) is 0 Å². The van der Waals surface area contributed by atoms with Gasteiger partial charge in [-0.15, -0.1) is 21.5 Å². The van der Waals surface area contributed by atoms with Crippen molar-refractivity contribution in [1.29, 1.82) is 0 Å². The van der Waals surface area contributed by atoms with E-state index < -0.39 is 16.9 Å². The summed E-state index contributed by atoms with van der Waals surface area (Å²) in [7, 11) is 0. The molecule has 130 valence electrons. The van der Waals surface area contributed by atoms with Gasteiger partial charge in [0.05, 0.1) is 10.1 Å². The molecule has 8 heteroatoms. The van der Waals surface area contributed by atoms with Crippen LogP contribution in [0.15, 0.2) is 40.9 Å². The van der Waals surface area contributed by atoms with Crippen LogP contribution in [0.4, 0.5) is 8.78 Å². The largest absolute Gasteiger partial charge is 0.302 e. The summed E-state index contributed by atoms with van der Waals surface area (Å²) in [5.74, 6) is -1.53. The minimum atomic E-state index is -1.03. The summed E-state index contributed by atoms with van der Waals surface area (Å²) in [4.78, 5) is 13.5. The Bertz CT molecular complexity index is 893. The molecule has 1 atom stereocenters. The summed E-state index contributed by atoms with van der Waals surface area (Å²) in [6, 6.07) is 7.08. The van der Waals surface area contributed by atoms with Crippen LogP contribution in [0, 0.1) is 11.6 Å². The van der Waals surface area contributed by atoms with Gasteiger partial charge in [-0.1, -0.05) is 17.8 Å². The second kappa shape index (κ2) is 7.45. The number of carbonyl (C=O) groups is 1. The van der Waals surface area contributed by atoms with Gasteiger partial charge in [0.1, 0.15) is 0 Å². The van der Waals surface area contributed by atoms with E-state index in [0.29, 0.717) is 11.7 Å². The molecule has 0 unspecified atom stereocenters. The third kappa shape index (κ3) is 3.64. The van der Waals surface area contributed by atoms with Gasteiger partial charge < -0.3 is 4.57 Å². The number of aromatic nitrogens is 3. The Balaban J connectivity index is 1.82. The van der Waals surface area contributed by atoms with E-state index in [0.717, 1.165) is 22.8 Å². The monoisotopic (exact) mass is 379 g/mol. The van der Waals surface area contributed by atoms with Crippen molar-refractivity contribution in [3.8, 4) is 10.7 Å². The summed E-state index contributed by atoms with van der Waals surface area (Å²) in [6.07, 6.45) is 0. The first kappa shape index (κ1) is 17.8. The molecule has 3 aromatic rings. The van der Waals surface area contributed by atoms with Crippen LogP contribution in [-0.2, 0) is 6.54 Å². The van der Waals surface area contributed by atoms with E-state index in [9.17, 15) is 13.6 Å². The fraction of sp³-hybridized carbons (Fsp3) is 0.235. The summed E-state index contributed by atoms with van der Waals surface area (Å²) in [6.45, 7) is 4.36. The number of carbonyl (C=O) groups excluding carboxylic acids is 1. The van der Waals surface area contributed by atoms with Crippen molar-refractivity contribution >= 4 is 28.9 Å². The van der Waals surface area contributed by atoms with Gasteiger partial charge in [0.2, 0.25) is 0 Å².